The van der Waals surface area contributed by atoms with Crippen LogP contribution in [0.4, 0.5) is 0 Å². The van der Waals surface area contributed by atoms with E-state index in [2.05, 4.69) is 31.3 Å². The predicted octanol–water partition coefficient (Wildman–Crippen LogP) is 2.60. The Morgan fingerprint density at radius 2 is 1.81 bits per heavy atom. The molecular formula is C20H23N3O3. The van der Waals surface area contributed by atoms with Crippen molar-refractivity contribution >= 4 is 23.4 Å². The number of rotatable bonds is 3. The monoisotopic (exact) mass is 353 g/mol. The summed E-state index contributed by atoms with van der Waals surface area (Å²) >= 11 is 0. The first kappa shape index (κ1) is 16.9. The molecule has 2 aliphatic carbocycles. The molecule has 1 heterocycles. The number of carbonyl (C=O) groups is 3. The largest absolute Gasteiger partial charge is 0.271 e. The molecule has 1 aromatic rings. The fourth-order valence-electron chi connectivity index (χ4n) is 4.79. The molecule has 0 spiro atoms. The first-order valence-electron chi connectivity index (χ1n) is 9.07. The van der Waals surface area contributed by atoms with Crippen LogP contribution in [0.2, 0.25) is 0 Å². The molecule has 6 heteroatoms. The van der Waals surface area contributed by atoms with Gasteiger partial charge in [-0.15, -0.1) is 0 Å². The number of hydrogen-bond acceptors (Lipinski definition) is 4. The van der Waals surface area contributed by atoms with Crippen molar-refractivity contribution < 1.29 is 14.4 Å². The Morgan fingerprint density at radius 3 is 2.31 bits per heavy atom. The lowest BCUT2D eigenvalue weighted by Crippen LogP contribution is -2.40. The van der Waals surface area contributed by atoms with Crippen LogP contribution in [-0.2, 0) is 4.79 Å². The van der Waals surface area contributed by atoms with Gasteiger partial charge in [0, 0.05) is 11.1 Å². The SMILES string of the molecule is CC1(C)[C@H]2CC[C@]1(C)/C(=N/NC(=O)CN1C(=O)c3ccccc3C1=O)C2. The van der Waals surface area contributed by atoms with Crippen molar-refractivity contribution in [2.75, 3.05) is 6.54 Å². The summed E-state index contributed by atoms with van der Waals surface area (Å²) in [4.78, 5) is 37.9. The molecule has 6 nitrogen and oxygen atoms in total. The minimum absolute atomic E-state index is 0.000462. The number of amides is 3. The predicted molar refractivity (Wildman–Crippen MR) is 96.6 cm³/mol. The highest BCUT2D eigenvalue weighted by Crippen LogP contribution is 2.63. The molecule has 3 aliphatic rings. The number of imide groups is 1. The Balaban J connectivity index is 1.45. The van der Waals surface area contributed by atoms with Crippen LogP contribution < -0.4 is 5.43 Å². The summed E-state index contributed by atoms with van der Waals surface area (Å²) < 4.78 is 0. The number of nitrogens with one attached hydrogen (secondary N) is 1. The van der Waals surface area contributed by atoms with Crippen LogP contribution in [0.5, 0.6) is 0 Å². The Labute approximate surface area is 152 Å². The smallest absolute Gasteiger partial charge is 0.262 e. The van der Waals surface area contributed by atoms with E-state index in [1.807, 2.05) is 0 Å². The maximum atomic E-state index is 12.3. The third kappa shape index (κ3) is 2.17. The average Bonchev–Trinajstić information content (AvgIpc) is 3.07. The van der Waals surface area contributed by atoms with Crippen LogP contribution in [-0.4, -0.2) is 34.9 Å². The summed E-state index contributed by atoms with van der Waals surface area (Å²) in [5.74, 6) is -0.710. The van der Waals surface area contributed by atoms with Gasteiger partial charge in [-0.2, -0.15) is 5.10 Å². The minimum Gasteiger partial charge on any atom is -0.271 e. The van der Waals surface area contributed by atoms with Crippen molar-refractivity contribution in [2.45, 2.75) is 40.0 Å². The first-order valence-corrected chi connectivity index (χ1v) is 9.07. The molecule has 0 radical (unpaired) electrons. The maximum Gasteiger partial charge on any atom is 0.262 e. The van der Waals surface area contributed by atoms with Gasteiger partial charge in [0.15, 0.2) is 0 Å². The zero-order chi connectivity index (χ0) is 18.7. The van der Waals surface area contributed by atoms with Gasteiger partial charge in [-0.3, -0.25) is 19.3 Å². The molecule has 2 atom stereocenters. The molecule has 1 N–H and O–H groups in total. The third-order valence-corrected chi connectivity index (χ3v) is 7.01. The molecule has 0 saturated heterocycles. The van der Waals surface area contributed by atoms with Gasteiger partial charge in [-0.05, 0) is 42.7 Å². The van der Waals surface area contributed by atoms with Crippen LogP contribution >= 0.6 is 0 Å². The summed E-state index contributed by atoms with van der Waals surface area (Å²) in [5.41, 5.74) is 4.47. The van der Waals surface area contributed by atoms with E-state index in [9.17, 15) is 14.4 Å². The molecule has 26 heavy (non-hydrogen) atoms. The lowest BCUT2D eigenvalue weighted by atomic mass is 9.70. The standard InChI is InChI=1S/C20H23N3O3/c1-19(2)12-8-9-20(19,3)15(10-12)21-22-16(24)11-23-17(25)13-6-4-5-7-14(13)18(23)26/h4-7,12H,8-11H2,1-3H3,(H,22,24)/b21-15+/t12-,20+/m0/s1. The fraction of sp³-hybridized carbons (Fsp3) is 0.500. The van der Waals surface area contributed by atoms with Gasteiger partial charge < -0.3 is 0 Å². The van der Waals surface area contributed by atoms with Gasteiger partial charge in [0.1, 0.15) is 6.54 Å². The van der Waals surface area contributed by atoms with Gasteiger partial charge in [0.25, 0.3) is 17.7 Å². The molecule has 2 fully saturated rings. The lowest BCUT2D eigenvalue weighted by Gasteiger charge is -2.34. The second kappa shape index (κ2) is 5.50. The van der Waals surface area contributed by atoms with Crippen LogP contribution in [0.15, 0.2) is 29.4 Å². The molecule has 4 rings (SSSR count). The maximum absolute atomic E-state index is 12.3. The van der Waals surface area contributed by atoms with E-state index >= 15 is 0 Å². The normalized spacial score (nSPS) is 30.2. The average molecular weight is 353 g/mol. The van der Waals surface area contributed by atoms with Gasteiger partial charge in [-0.1, -0.05) is 32.9 Å². The van der Waals surface area contributed by atoms with Crippen molar-refractivity contribution in [3.05, 3.63) is 35.4 Å². The van der Waals surface area contributed by atoms with Gasteiger partial charge in [-0.25, -0.2) is 5.43 Å². The second-order valence-corrected chi connectivity index (χ2v) is 8.33. The molecule has 2 saturated carbocycles. The summed E-state index contributed by atoms with van der Waals surface area (Å²) in [5, 5.41) is 4.38. The van der Waals surface area contributed by atoms with E-state index in [0.717, 1.165) is 23.5 Å². The topological polar surface area (TPSA) is 78.8 Å². The summed E-state index contributed by atoms with van der Waals surface area (Å²) in [7, 11) is 0. The minimum atomic E-state index is -0.448. The molecule has 1 aliphatic heterocycles. The molecule has 136 valence electrons. The van der Waals surface area contributed by atoms with E-state index in [4.69, 9.17) is 0 Å². The van der Waals surface area contributed by atoms with Crippen molar-refractivity contribution in [1.82, 2.24) is 10.3 Å². The highest BCUT2D eigenvalue weighted by Gasteiger charge is 2.60. The van der Waals surface area contributed by atoms with E-state index < -0.39 is 17.7 Å². The Bertz CT molecular complexity index is 823. The van der Waals surface area contributed by atoms with E-state index in [-0.39, 0.29) is 17.4 Å². The van der Waals surface area contributed by atoms with Crippen LogP contribution in [0.3, 0.4) is 0 Å². The van der Waals surface area contributed by atoms with Crippen molar-refractivity contribution in [2.24, 2.45) is 21.8 Å². The third-order valence-electron chi connectivity index (χ3n) is 7.01. The lowest BCUT2D eigenvalue weighted by molar-refractivity contribution is -0.121. The van der Waals surface area contributed by atoms with E-state index in [1.165, 1.54) is 6.42 Å². The number of nitrogens with zero attached hydrogens (tertiary/aromatic N) is 2. The van der Waals surface area contributed by atoms with E-state index in [0.29, 0.717) is 17.0 Å². The Morgan fingerprint density at radius 1 is 1.19 bits per heavy atom. The summed E-state index contributed by atoms with van der Waals surface area (Å²) in [6.07, 6.45) is 3.18. The van der Waals surface area contributed by atoms with Crippen LogP contribution in [0.25, 0.3) is 0 Å². The van der Waals surface area contributed by atoms with Gasteiger partial charge >= 0.3 is 0 Å². The van der Waals surface area contributed by atoms with Crippen molar-refractivity contribution in [3.63, 3.8) is 0 Å². The zero-order valence-corrected chi connectivity index (χ0v) is 15.3. The number of benzene rings is 1. The highest BCUT2D eigenvalue weighted by atomic mass is 16.2. The summed E-state index contributed by atoms with van der Waals surface area (Å²) in [6.45, 7) is 6.45. The fourth-order valence-corrected chi connectivity index (χ4v) is 4.79. The summed E-state index contributed by atoms with van der Waals surface area (Å²) in [6, 6.07) is 6.62. The van der Waals surface area contributed by atoms with Crippen LogP contribution in [0.1, 0.15) is 60.7 Å². The van der Waals surface area contributed by atoms with Gasteiger partial charge in [0.2, 0.25) is 0 Å². The second-order valence-electron chi connectivity index (χ2n) is 8.33. The van der Waals surface area contributed by atoms with Crippen molar-refractivity contribution in [3.8, 4) is 0 Å². The molecule has 0 aromatic heterocycles. The Kier molecular flexibility index (Phi) is 3.58. The first-order chi connectivity index (χ1) is 12.3. The Hall–Kier alpha value is -2.50. The zero-order valence-electron chi connectivity index (χ0n) is 15.3. The number of carbonyl (C=O) groups excluding carboxylic acids is 3. The molecule has 0 unspecified atom stereocenters. The number of hydrazone groups is 1. The van der Waals surface area contributed by atoms with Crippen molar-refractivity contribution in [1.29, 1.82) is 0 Å². The van der Waals surface area contributed by atoms with E-state index in [1.54, 1.807) is 24.3 Å². The molecule has 1 aromatic carbocycles. The molecule has 3 amide bonds. The number of fused-ring (bicyclic) bond motifs is 3. The quantitative estimate of drug-likeness (QED) is 0.670. The van der Waals surface area contributed by atoms with Crippen LogP contribution in [0, 0.1) is 16.7 Å². The highest BCUT2D eigenvalue weighted by molar-refractivity contribution is 6.22. The number of hydrogen-bond donors (Lipinski definition) is 1. The van der Waals surface area contributed by atoms with Gasteiger partial charge in [0.05, 0.1) is 11.1 Å². The molecule has 2 bridgehead atoms. The molecular weight excluding hydrogens is 330 g/mol.